The molecule has 0 fully saturated rings. The summed E-state index contributed by atoms with van der Waals surface area (Å²) in [7, 11) is 0. The van der Waals surface area contributed by atoms with Crippen LogP contribution in [-0.2, 0) is 6.61 Å². The molecular weight excluding hydrogens is 373 g/mol. The van der Waals surface area contributed by atoms with E-state index in [0.29, 0.717) is 16.7 Å². The summed E-state index contributed by atoms with van der Waals surface area (Å²) in [6.45, 7) is 0.431. The van der Waals surface area contributed by atoms with Crippen molar-refractivity contribution in [3.8, 4) is 16.3 Å². The van der Waals surface area contributed by atoms with E-state index in [2.05, 4.69) is 6.07 Å². The minimum atomic E-state index is 0.431. The van der Waals surface area contributed by atoms with E-state index in [9.17, 15) is 0 Å². The van der Waals surface area contributed by atoms with Crippen LogP contribution < -0.4 is 4.74 Å². The van der Waals surface area contributed by atoms with Gasteiger partial charge in [-0.1, -0.05) is 53.5 Å². The van der Waals surface area contributed by atoms with E-state index in [1.165, 1.54) is 4.70 Å². The number of para-hydroxylation sites is 1. The molecule has 4 aromatic rings. The molecule has 1 heterocycles. The maximum Gasteiger partial charge on any atom is 0.124 e. The van der Waals surface area contributed by atoms with Crippen LogP contribution in [0, 0.1) is 0 Å². The summed E-state index contributed by atoms with van der Waals surface area (Å²) in [5.41, 5.74) is 3.04. The van der Waals surface area contributed by atoms with Crippen molar-refractivity contribution in [1.82, 2.24) is 4.98 Å². The highest BCUT2D eigenvalue weighted by Gasteiger charge is 2.07. The highest BCUT2D eigenvalue weighted by atomic mass is 35.5. The van der Waals surface area contributed by atoms with E-state index in [1.54, 1.807) is 17.4 Å². The number of nitrogens with zero attached hydrogens (tertiary/aromatic N) is 1. The molecule has 3 aromatic carbocycles. The number of thiazole rings is 1. The summed E-state index contributed by atoms with van der Waals surface area (Å²) in [4.78, 5) is 4.69. The Morgan fingerprint density at radius 1 is 0.880 bits per heavy atom. The number of ether oxygens (including phenoxy) is 1. The number of fused-ring (bicyclic) bond motifs is 1. The quantitative estimate of drug-likeness (QED) is 0.383. The van der Waals surface area contributed by atoms with Crippen LogP contribution in [0.25, 0.3) is 20.8 Å². The summed E-state index contributed by atoms with van der Waals surface area (Å²) >= 11 is 13.7. The van der Waals surface area contributed by atoms with Gasteiger partial charge in [0.1, 0.15) is 17.4 Å². The van der Waals surface area contributed by atoms with Gasteiger partial charge in [0.15, 0.2) is 0 Å². The molecule has 25 heavy (non-hydrogen) atoms. The lowest BCUT2D eigenvalue weighted by molar-refractivity contribution is 0.306. The first-order valence-corrected chi connectivity index (χ1v) is 9.29. The van der Waals surface area contributed by atoms with Crippen LogP contribution in [-0.4, -0.2) is 4.98 Å². The van der Waals surface area contributed by atoms with Crippen molar-refractivity contribution in [2.24, 2.45) is 0 Å². The smallest absolute Gasteiger partial charge is 0.124 e. The first-order valence-electron chi connectivity index (χ1n) is 7.72. The molecule has 2 nitrogen and oxygen atoms in total. The number of hydrogen-bond acceptors (Lipinski definition) is 3. The molecule has 0 unspecified atom stereocenters. The highest BCUT2D eigenvalue weighted by Crippen LogP contribution is 2.32. The zero-order chi connectivity index (χ0) is 17.2. The third-order valence-electron chi connectivity index (χ3n) is 3.76. The van der Waals surface area contributed by atoms with Gasteiger partial charge in [-0.3, -0.25) is 0 Å². The molecule has 0 bridgehead atoms. The van der Waals surface area contributed by atoms with E-state index in [0.717, 1.165) is 27.4 Å². The van der Waals surface area contributed by atoms with Gasteiger partial charge in [-0.2, -0.15) is 0 Å². The molecule has 0 N–H and O–H groups in total. The summed E-state index contributed by atoms with van der Waals surface area (Å²) < 4.78 is 7.08. The molecule has 0 saturated carbocycles. The molecule has 124 valence electrons. The Morgan fingerprint density at radius 2 is 1.76 bits per heavy atom. The molecule has 1 aromatic heterocycles. The summed E-state index contributed by atoms with van der Waals surface area (Å²) in [6.07, 6.45) is 0. The van der Waals surface area contributed by atoms with Crippen molar-refractivity contribution in [2.75, 3.05) is 0 Å². The van der Waals surface area contributed by atoms with Gasteiger partial charge < -0.3 is 4.74 Å². The number of rotatable bonds is 4. The third kappa shape index (κ3) is 3.64. The van der Waals surface area contributed by atoms with Crippen LogP contribution in [0.3, 0.4) is 0 Å². The van der Waals surface area contributed by atoms with Gasteiger partial charge >= 0.3 is 0 Å². The van der Waals surface area contributed by atoms with Crippen molar-refractivity contribution >= 4 is 44.8 Å². The van der Waals surface area contributed by atoms with Crippen LogP contribution in [0.4, 0.5) is 0 Å². The Morgan fingerprint density at radius 3 is 2.60 bits per heavy atom. The maximum atomic E-state index is 6.05. The molecule has 0 aliphatic heterocycles. The van der Waals surface area contributed by atoms with E-state index in [-0.39, 0.29) is 0 Å². The van der Waals surface area contributed by atoms with Crippen molar-refractivity contribution in [3.63, 3.8) is 0 Å². The van der Waals surface area contributed by atoms with Gasteiger partial charge in [0.05, 0.1) is 20.3 Å². The molecule has 5 heteroatoms. The van der Waals surface area contributed by atoms with E-state index in [4.69, 9.17) is 32.9 Å². The van der Waals surface area contributed by atoms with Crippen molar-refractivity contribution in [1.29, 1.82) is 0 Å². The SMILES string of the molecule is Clc1ccc(COc2cccc(-c3nc4ccccc4s3)c2)cc1Cl. The van der Waals surface area contributed by atoms with E-state index >= 15 is 0 Å². The molecule has 0 radical (unpaired) electrons. The first-order chi connectivity index (χ1) is 12.2. The fourth-order valence-corrected chi connectivity index (χ4v) is 3.79. The topological polar surface area (TPSA) is 22.1 Å². The minimum Gasteiger partial charge on any atom is -0.489 e. The number of aromatic nitrogens is 1. The number of benzene rings is 3. The van der Waals surface area contributed by atoms with Gasteiger partial charge in [0.2, 0.25) is 0 Å². The molecule has 0 amide bonds. The summed E-state index contributed by atoms with van der Waals surface area (Å²) in [6, 6.07) is 21.6. The van der Waals surface area contributed by atoms with Crippen LogP contribution >= 0.6 is 34.5 Å². The molecule has 0 aliphatic carbocycles. The third-order valence-corrected chi connectivity index (χ3v) is 5.59. The Bertz CT molecular complexity index is 1010. The molecule has 4 rings (SSSR count). The average Bonchev–Trinajstić information content (AvgIpc) is 3.07. The van der Waals surface area contributed by atoms with Crippen LogP contribution in [0.2, 0.25) is 10.0 Å². The molecular formula is C20H13Cl2NOS. The summed E-state index contributed by atoms with van der Waals surface area (Å²) in [5, 5.41) is 2.07. The number of hydrogen-bond donors (Lipinski definition) is 0. The fraction of sp³-hybridized carbons (Fsp3) is 0.0500. The lowest BCUT2D eigenvalue weighted by Gasteiger charge is -2.08. The monoisotopic (exact) mass is 385 g/mol. The van der Waals surface area contributed by atoms with Crippen molar-refractivity contribution < 1.29 is 4.74 Å². The Hall–Kier alpha value is -2.07. The predicted molar refractivity (Wildman–Crippen MR) is 106 cm³/mol. The molecule has 0 saturated heterocycles. The second kappa shape index (κ2) is 7.04. The fourth-order valence-electron chi connectivity index (χ4n) is 2.51. The number of halogens is 2. The average molecular weight is 386 g/mol. The van der Waals surface area contributed by atoms with Crippen LogP contribution in [0.1, 0.15) is 5.56 Å². The van der Waals surface area contributed by atoms with Crippen LogP contribution in [0.15, 0.2) is 66.7 Å². The molecule has 0 aliphatic rings. The molecule has 0 spiro atoms. The van der Waals surface area contributed by atoms with E-state index < -0.39 is 0 Å². The highest BCUT2D eigenvalue weighted by molar-refractivity contribution is 7.21. The lowest BCUT2D eigenvalue weighted by Crippen LogP contribution is -1.95. The first kappa shape index (κ1) is 16.4. The maximum absolute atomic E-state index is 6.05. The standard InChI is InChI=1S/C20H13Cl2NOS/c21-16-9-8-13(10-17(16)22)12-24-15-5-3-4-14(11-15)20-23-18-6-1-2-7-19(18)25-20/h1-11H,12H2. The van der Waals surface area contributed by atoms with Gasteiger partial charge in [-0.05, 0) is 42.0 Å². The van der Waals surface area contributed by atoms with Gasteiger partial charge in [-0.15, -0.1) is 11.3 Å². The summed E-state index contributed by atoms with van der Waals surface area (Å²) in [5.74, 6) is 0.794. The minimum absolute atomic E-state index is 0.431. The normalized spacial score (nSPS) is 11.0. The Labute approximate surface area is 159 Å². The second-order valence-corrected chi connectivity index (χ2v) is 7.40. The Balaban J connectivity index is 1.55. The van der Waals surface area contributed by atoms with Gasteiger partial charge in [0, 0.05) is 5.56 Å². The largest absolute Gasteiger partial charge is 0.489 e. The van der Waals surface area contributed by atoms with Crippen molar-refractivity contribution in [3.05, 3.63) is 82.3 Å². The predicted octanol–water partition coefficient (Wildman–Crippen LogP) is 6.85. The lowest BCUT2D eigenvalue weighted by atomic mass is 10.2. The molecule has 0 atom stereocenters. The zero-order valence-corrected chi connectivity index (χ0v) is 15.4. The Kier molecular flexibility index (Phi) is 4.62. The van der Waals surface area contributed by atoms with Crippen molar-refractivity contribution in [2.45, 2.75) is 6.61 Å². The second-order valence-electron chi connectivity index (χ2n) is 5.55. The zero-order valence-electron chi connectivity index (χ0n) is 13.1. The van der Waals surface area contributed by atoms with Gasteiger partial charge in [-0.25, -0.2) is 4.98 Å². The van der Waals surface area contributed by atoms with Crippen LogP contribution in [0.5, 0.6) is 5.75 Å². The van der Waals surface area contributed by atoms with Gasteiger partial charge in [0.25, 0.3) is 0 Å². The van der Waals surface area contributed by atoms with E-state index in [1.807, 2.05) is 54.6 Å².